The van der Waals surface area contributed by atoms with Crippen molar-refractivity contribution < 1.29 is 4.39 Å². The molecule has 0 aromatic carbocycles. The molecule has 82 valence electrons. The Morgan fingerprint density at radius 1 is 1.67 bits per heavy atom. The molecule has 0 aliphatic carbocycles. The first-order chi connectivity index (χ1) is 7.27. The average Bonchev–Trinajstić information content (AvgIpc) is 2.24. The highest BCUT2D eigenvalue weighted by Crippen LogP contribution is 2.19. The molecule has 15 heavy (non-hydrogen) atoms. The van der Waals surface area contributed by atoms with Gasteiger partial charge in [-0.15, -0.1) is 0 Å². The summed E-state index contributed by atoms with van der Waals surface area (Å²) in [4.78, 5) is 6.09. The van der Waals surface area contributed by atoms with Crippen LogP contribution in [0.25, 0.3) is 0 Å². The van der Waals surface area contributed by atoms with Crippen LogP contribution in [0.4, 0.5) is 4.39 Å². The van der Waals surface area contributed by atoms with E-state index in [1.165, 1.54) is 6.20 Å². The van der Waals surface area contributed by atoms with Gasteiger partial charge >= 0.3 is 0 Å². The molecule has 0 spiro atoms. The van der Waals surface area contributed by atoms with Crippen molar-refractivity contribution in [2.45, 2.75) is 19.5 Å². The molecular formula is C11H15FN2S. The van der Waals surface area contributed by atoms with E-state index in [4.69, 9.17) is 0 Å². The van der Waals surface area contributed by atoms with Crippen molar-refractivity contribution >= 4 is 11.8 Å². The van der Waals surface area contributed by atoms with Gasteiger partial charge in [-0.2, -0.15) is 11.8 Å². The zero-order valence-electron chi connectivity index (χ0n) is 8.82. The molecule has 0 saturated carbocycles. The van der Waals surface area contributed by atoms with Crippen molar-refractivity contribution in [3.05, 3.63) is 29.8 Å². The smallest absolute Gasteiger partial charge is 0.145 e. The van der Waals surface area contributed by atoms with E-state index in [1.807, 2.05) is 11.8 Å². The van der Waals surface area contributed by atoms with Crippen LogP contribution in [-0.2, 0) is 6.54 Å². The lowest BCUT2D eigenvalue weighted by Gasteiger charge is -2.32. The molecule has 1 aromatic heterocycles. The van der Waals surface area contributed by atoms with E-state index in [0.717, 1.165) is 23.6 Å². The van der Waals surface area contributed by atoms with Gasteiger partial charge in [0.05, 0.1) is 6.20 Å². The summed E-state index contributed by atoms with van der Waals surface area (Å²) in [5, 5.41) is 0. The Morgan fingerprint density at radius 2 is 2.53 bits per heavy atom. The van der Waals surface area contributed by atoms with Crippen LogP contribution < -0.4 is 0 Å². The topological polar surface area (TPSA) is 16.1 Å². The summed E-state index contributed by atoms with van der Waals surface area (Å²) in [6, 6.07) is 2.31. The summed E-state index contributed by atoms with van der Waals surface area (Å²) in [5.74, 6) is 2.10. The third-order valence-corrected chi connectivity index (χ3v) is 3.92. The first-order valence-corrected chi connectivity index (χ1v) is 6.33. The third kappa shape index (κ3) is 2.69. The minimum Gasteiger partial charge on any atom is -0.295 e. The number of pyridine rings is 1. The van der Waals surface area contributed by atoms with Crippen LogP contribution >= 0.6 is 11.8 Å². The van der Waals surface area contributed by atoms with E-state index in [1.54, 1.807) is 12.3 Å². The average molecular weight is 226 g/mol. The Balaban J connectivity index is 2.04. The van der Waals surface area contributed by atoms with E-state index in [-0.39, 0.29) is 5.82 Å². The highest BCUT2D eigenvalue weighted by Gasteiger charge is 2.19. The van der Waals surface area contributed by atoms with Gasteiger partial charge in [0.25, 0.3) is 0 Å². The van der Waals surface area contributed by atoms with Crippen molar-refractivity contribution in [2.75, 3.05) is 18.1 Å². The SMILES string of the molecule is CC1CSCCN1Cc1ccncc1F. The fraction of sp³-hybridized carbons (Fsp3) is 0.545. The number of halogens is 1. The standard InChI is InChI=1S/C11H15FN2S/c1-9-8-15-5-4-14(9)7-10-2-3-13-6-11(10)12/h2-3,6,9H,4-5,7-8H2,1H3. The van der Waals surface area contributed by atoms with Crippen molar-refractivity contribution in [3.63, 3.8) is 0 Å². The second kappa shape index (κ2) is 4.94. The number of aromatic nitrogens is 1. The number of thioether (sulfide) groups is 1. The van der Waals surface area contributed by atoms with E-state index in [2.05, 4.69) is 16.8 Å². The minimum atomic E-state index is -0.192. The molecule has 4 heteroatoms. The quantitative estimate of drug-likeness (QED) is 0.769. The molecule has 0 N–H and O–H groups in total. The Kier molecular flexibility index (Phi) is 3.59. The van der Waals surface area contributed by atoms with E-state index in [0.29, 0.717) is 12.6 Å². The van der Waals surface area contributed by atoms with Gasteiger partial charge in [-0.1, -0.05) is 0 Å². The third-order valence-electron chi connectivity index (χ3n) is 2.74. The van der Waals surface area contributed by atoms with Crippen molar-refractivity contribution in [1.82, 2.24) is 9.88 Å². The summed E-state index contributed by atoms with van der Waals surface area (Å²) in [6.07, 6.45) is 2.94. The van der Waals surface area contributed by atoms with E-state index < -0.39 is 0 Å². The highest BCUT2D eigenvalue weighted by molar-refractivity contribution is 7.99. The van der Waals surface area contributed by atoms with Gasteiger partial charge in [0, 0.05) is 42.4 Å². The zero-order valence-corrected chi connectivity index (χ0v) is 9.63. The van der Waals surface area contributed by atoms with Crippen LogP contribution in [0.2, 0.25) is 0 Å². The molecule has 1 atom stereocenters. The van der Waals surface area contributed by atoms with Crippen molar-refractivity contribution in [1.29, 1.82) is 0 Å². The van der Waals surface area contributed by atoms with Crippen LogP contribution in [0.15, 0.2) is 18.5 Å². The molecule has 2 rings (SSSR count). The molecule has 1 aliphatic rings. The van der Waals surface area contributed by atoms with Crippen LogP contribution in [0, 0.1) is 5.82 Å². The van der Waals surface area contributed by atoms with Gasteiger partial charge in [-0.25, -0.2) is 4.39 Å². The normalized spacial score (nSPS) is 22.9. The lowest BCUT2D eigenvalue weighted by atomic mass is 10.2. The largest absolute Gasteiger partial charge is 0.295 e. The molecule has 0 bridgehead atoms. The predicted octanol–water partition coefficient (Wildman–Crippen LogP) is 2.16. The Bertz CT molecular complexity index is 332. The van der Waals surface area contributed by atoms with Crippen LogP contribution in [0.5, 0.6) is 0 Å². The molecule has 1 aliphatic heterocycles. The number of hydrogen-bond acceptors (Lipinski definition) is 3. The molecule has 0 radical (unpaired) electrons. The molecule has 1 unspecified atom stereocenters. The summed E-state index contributed by atoms with van der Waals surface area (Å²) in [5.41, 5.74) is 0.753. The van der Waals surface area contributed by atoms with Gasteiger partial charge in [-0.3, -0.25) is 9.88 Å². The fourth-order valence-electron chi connectivity index (χ4n) is 1.75. The molecular weight excluding hydrogens is 211 g/mol. The molecule has 1 saturated heterocycles. The monoisotopic (exact) mass is 226 g/mol. The van der Waals surface area contributed by atoms with Crippen LogP contribution in [0.3, 0.4) is 0 Å². The molecule has 0 amide bonds. The highest BCUT2D eigenvalue weighted by atomic mass is 32.2. The molecule has 1 fully saturated rings. The summed E-state index contributed by atoms with van der Waals surface area (Å²) in [6.45, 7) is 3.95. The van der Waals surface area contributed by atoms with Gasteiger partial charge in [0.15, 0.2) is 0 Å². The van der Waals surface area contributed by atoms with E-state index in [9.17, 15) is 4.39 Å². The predicted molar refractivity (Wildman–Crippen MR) is 61.4 cm³/mol. The summed E-state index contributed by atoms with van der Waals surface area (Å²) < 4.78 is 13.4. The molecule has 1 aromatic rings. The summed E-state index contributed by atoms with van der Waals surface area (Å²) in [7, 11) is 0. The second-order valence-electron chi connectivity index (χ2n) is 3.86. The van der Waals surface area contributed by atoms with Gasteiger partial charge in [0.1, 0.15) is 5.82 Å². The second-order valence-corrected chi connectivity index (χ2v) is 5.01. The van der Waals surface area contributed by atoms with Crippen LogP contribution in [0.1, 0.15) is 12.5 Å². The zero-order chi connectivity index (χ0) is 10.7. The Morgan fingerprint density at radius 3 is 3.27 bits per heavy atom. The van der Waals surface area contributed by atoms with Gasteiger partial charge < -0.3 is 0 Å². The fourth-order valence-corrected chi connectivity index (χ4v) is 2.83. The van der Waals surface area contributed by atoms with Crippen molar-refractivity contribution in [3.8, 4) is 0 Å². The molecule has 2 nitrogen and oxygen atoms in total. The lowest BCUT2D eigenvalue weighted by molar-refractivity contribution is 0.221. The van der Waals surface area contributed by atoms with E-state index >= 15 is 0 Å². The maximum absolute atomic E-state index is 13.4. The van der Waals surface area contributed by atoms with Gasteiger partial charge in [-0.05, 0) is 13.0 Å². The van der Waals surface area contributed by atoms with Gasteiger partial charge in [0.2, 0.25) is 0 Å². The summed E-state index contributed by atoms with van der Waals surface area (Å²) >= 11 is 1.97. The number of hydrogen-bond donors (Lipinski definition) is 0. The maximum Gasteiger partial charge on any atom is 0.145 e. The first-order valence-electron chi connectivity index (χ1n) is 5.17. The maximum atomic E-state index is 13.4. The molecule has 2 heterocycles. The Hall–Kier alpha value is -0.610. The lowest BCUT2D eigenvalue weighted by Crippen LogP contribution is -2.39. The van der Waals surface area contributed by atoms with Crippen LogP contribution in [-0.4, -0.2) is 34.0 Å². The number of nitrogens with zero attached hydrogens (tertiary/aromatic N) is 2. The van der Waals surface area contributed by atoms with Crippen molar-refractivity contribution in [2.24, 2.45) is 0 Å². The number of rotatable bonds is 2. The Labute approximate surface area is 93.9 Å². The first kappa shape index (κ1) is 10.9. The minimum absolute atomic E-state index is 0.192.